The van der Waals surface area contributed by atoms with Crippen molar-refractivity contribution in [1.29, 1.82) is 10.5 Å². The highest BCUT2D eigenvalue weighted by Crippen LogP contribution is 2.44. The predicted molar refractivity (Wildman–Crippen MR) is 219 cm³/mol. The molecule has 4 aliphatic heterocycles. The average Bonchev–Trinajstić information content (AvgIpc) is 3.59. The summed E-state index contributed by atoms with van der Waals surface area (Å²) < 4.78 is 53.8. The molecule has 0 unspecified atom stereocenters. The van der Waals surface area contributed by atoms with Crippen molar-refractivity contribution in [1.82, 2.24) is 0 Å². The summed E-state index contributed by atoms with van der Waals surface area (Å²) in [5.41, 5.74) is 10.4. The molecular weight excluding hydrogens is 788 g/mol. The number of hydrogen-bond acceptors (Lipinski definition) is 8. The Hall–Kier alpha value is -8.10. The van der Waals surface area contributed by atoms with Gasteiger partial charge in [-0.3, -0.25) is 14.4 Å². The number of carbonyl (C=O) groups is 3. The third kappa shape index (κ3) is 8.99. The molecule has 0 bridgehead atoms. The first-order chi connectivity index (χ1) is 29.4. The molecule has 0 saturated carbocycles. The van der Waals surface area contributed by atoms with Crippen LogP contribution in [-0.2, 0) is 27.2 Å². The molecule has 0 atom stereocenters. The van der Waals surface area contributed by atoms with Crippen LogP contribution in [0, 0.1) is 28.5 Å². The Kier molecular flexibility index (Phi) is 10.8. The van der Waals surface area contributed by atoms with Gasteiger partial charge in [0.25, 0.3) is 5.91 Å². The van der Waals surface area contributed by atoms with Crippen LogP contribution in [0.2, 0.25) is 0 Å². The summed E-state index contributed by atoms with van der Waals surface area (Å²) in [7, 11) is 0. The lowest BCUT2D eigenvalue weighted by Crippen LogP contribution is -2.25. The van der Waals surface area contributed by atoms with E-state index in [1.54, 1.807) is 36.4 Å². The SMILES string of the molecule is N#Cc1ccc(-c2ccc3c(c2)CCC(=O)N3)cc1.N#Cc1ccc(-c2ccc3c(c2)CCC(=O)N3)cc1F.O=C1COc2cc(-c3ccc4c(c3)OC(F)(F)O4)ccc2N1. The van der Waals surface area contributed by atoms with Gasteiger partial charge in [0.2, 0.25) is 11.8 Å². The standard InChI is InChI=1S/C16H11FN2O.C16H12N2O.C15H9F2NO4/c17-14-8-11(1-2-13(14)9-18)10-3-5-15-12(7-10)4-6-16(20)19-15;17-10-11-1-3-12(4-2-11)13-5-7-15-14(9-13)6-8-16(19)18-15;16-15(17)21-11-4-2-9(6-13(11)22-15)8-1-3-10-12(5-8)20-7-14(19)18-10/h1-3,5,7-8H,4,6H2,(H,19,20);1-5,7,9H,6,8H2,(H,18,19);1-6H,7H2,(H,18,19). The van der Waals surface area contributed by atoms with Gasteiger partial charge in [-0.25, -0.2) is 4.39 Å². The van der Waals surface area contributed by atoms with Gasteiger partial charge in [0.15, 0.2) is 18.1 Å². The van der Waals surface area contributed by atoms with Crippen molar-refractivity contribution in [3.63, 3.8) is 0 Å². The van der Waals surface area contributed by atoms with Crippen LogP contribution >= 0.6 is 0 Å². The largest absolute Gasteiger partial charge is 0.586 e. The van der Waals surface area contributed by atoms with Gasteiger partial charge in [-0.05, 0) is 130 Å². The number of halogens is 3. The highest BCUT2D eigenvalue weighted by atomic mass is 19.3. The minimum atomic E-state index is -3.63. The normalized spacial score (nSPS) is 14.8. The summed E-state index contributed by atoms with van der Waals surface area (Å²) in [6.07, 6.45) is -1.15. The lowest BCUT2D eigenvalue weighted by atomic mass is 9.96. The minimum Gasteiger partial charge on any atom is -0.482 e. The quantitative estimate of drug-likeness (QED) is 0.159. The molecule has 11 nitrogen and oxygen atoms in total. The molecule has 14 heteroatoms. The zero-order valence-electron chi connectivity index (χ0n) is 32.0. The van der Waals surface area contributed by atoms with Gasteiger partial charge in [0.05, 0.1) is 22.9 Å². The summed E-state index contributed by atoms with van der Waals surface area (Å²) in [5.74, 6) is -0.125. The molecule has 6 aromatic rings. The lowest BCUT2D eigenvalue weighted by Gasteiger charge is -2.18. The molecule has 4 aliphatic rings. The highest BCUT2D eigenvalue weighted by Gasteiger charge is 2.43. The molecule has 61 heavy (non-hydrogen) atoms. The van der Waals surface area contributed by atoms with E-state index >= 15 is 0 Å². The fraction of sp³-hybridized carbons (Fsp3) is 0.128. The second kappa shape index (κ2) is 16.6. The van der Waals surface area contributed by atoms with Crippen LogP contribution in [0.5, 0.6) is 17.2 Å². The monoisotopic (exact) mass is 819 g/mol. The van der Waals surface area contributed by atoms with Crippen molar-refractivity contribution in [3.05, 3.63) is 143 Å². The maximum absolute atomic E-state index is 13.6. The summed E-state index contributed by atoms with van der Waals surface area (Å²) in [4.78, 5) is 33.8. The van der Waals surface area contributed by atoms with Crippen LogP contribution in [0.4, 0.5) is 30.2 Å². The number of alkyl halides is 2. The van der Waals surface area contributed by atoms with Gasteiger partial charge in [-0.15, -0.1) is 8.78 Å². The number of benzene rings is 6. The smallest absolute Gasteiger partial charge is 0.482 e. The number of carbonyl (C=O) groups excluding carboxylic acids is 3. The fourth-order valence-electron chi connectivity index (χ4n) is 7.03. The first-order valence-electron chi connectivity index (χ1n) is 19.0. The number of anilines is 3. The molecule has 0 saturated heterocycles. The second-order valence-electron chi connectivity index (χ2n) is 14.2. The number of nitrogens with one attached hydrogen (secondary N) is 3. The number of rotatable bonds is 3. The van der Waals surface area contributed by atoms with Gasteiger partial charge in [0, 0.05) is 24.2 Å². The fourth-order valence-corrected chi connectivity index (χ4v) is 7.03. The maximum Gasteiger partial charge on any atom is 0.586 e. The molecule has 10 rings (SSSR count). The first-order valence-corrected chi connectivity index (χ1v) is 19.0. The number of nitriles is 2. The number of fused-ring (bicyclic) bond motifs is 4. The summed E-state index contributed by atoms with van der Waals surface area (Å²) in [6, 6.07) is 37.4. The van der Waals surface area contributed by atoms with Crippen LogP contribution < -0.4 is 30.2 Å². The molecule has 0 radical (unpaired) electrons. The molecular formula is C47H32F3N5O6. The first kappa shape index (κ1) is 39.7. The van der Waals surface area contributed by atoms with Gasteiger partial charge in [-0.1, -0.05) is 42.5 Å². The van der Waals surface area contributed by atoms with E-state index in [9.17, 15) is 27.6 Å². The summed E-state index contributed by atoms with van der Waals surface area (Å²) >= 11 is 0. The lowest BCUT2D eigenvalue weighted by molar-refractivity contribution is -0.286. The number of hydrogen-bond donors (Lipinski definition) is 3. The second-order valence-corrected chi connectivity index (χ2v) is 14.2. The van der Waals surface area contributed by atoms with E-state index in [1.165, 1.54) is 29.8 Å². The van der Waals surface area contributed by atoms with E-state index in [1.807, 2.05) is 54.6 Å². The number of nitrogens with zero attached hydrogens (tertiary/aromatic N) is 2. The third-order valence-corrected chi connectivity index (χ3v) is 10.1. The molecule has 3 amide bonds. The topological polar surface area (TPSA) is 163 Å². The maximum atomic E-state index is 13.6. The highest BCUT2D eigenvalue weighted by molar-refractivity contribution is 5.96. The van der Waals surface area contributed by atoms with Gasteiger partial charge >= 0.3 is 6.29 Å². The number of ether oxygens (including phenoxy) is 3. The molecule has 4 heterocycles. The Morgan fingerprint density at radius 2 is 1.00 bits per heavy atom. The van der Waals surface area contributed by atoms with Crippen LogP contribution in [0.15, 0.2) is 115 Å². The molecule has 0 spiro atoms. The predicted octanol–water partition coefficient (Wildman–Crippen LogP) is 9.37. The molecule has 0 aliphatic carbocycles. The van der Waals surface area contributed by atoms with E-state index in [2.05, 4.69) is 37.6 Å². The number of aryl methyl sites for hydroxylation is 2. The van der Waals surface area contributed by atoms with Crippen molar-refractivity contribution in [2.45, 2.75) is 32.0 Å². The Morgan fingerprint density at radius 1 is 0.508 bits per heavy atom. The van der Waals surface area contributed by atoms with Crippen LogP contribution in [0.25, 0.3) is 33.4 Å². The third-order valence-electron chi connectivity index (χ3n) is 10.1. The van der Waals surface area contributed by atoms with Gasteiger partial charge < -0.3 is 30.2 Å². The van der Waals surface area contributed by atoms with Crippen molar-refractivity contribution >= 4 is 34.8 Å². The van der Waals surface area contributed by atoms with E-state index < -0.39 is 12.1 Å². The van der Waals surface area contributed by atoms with Crippen molar-refractivity contribution < 1.29 is 41.8 Å². The Balaban J connectivity index is 0.000000127. The van der Waals surface area contributed by atoms with Gasteiger partial charge in [0.1, 0.15) is 17.6 Å². The summed E-state index contributed by atoms with van der Waals surface area (Å²) in [6.45, 7) is -0.0518. The van der Waals surface area contributed by atoms with Crippen molar-refractivity contribution in [2.75, 3.05) is 22.6 Å². The van der Waals surface area contributed by atoms with Crippen LogP contribution in [0.1, 0.15) is 35.1 Å². The van der Waals surface area contributed by atoms with E-state index in [-0.39, 0.29) is 41.4 Å². The zero-order valence-corrected chi connectivity index (χ0v) is 32.0. The Bertz CT molecular complexity index is 2830. The van der Waals surface area contributed by atoms with E-state index in [0.717, 1.165) is 51.2 Å². The molecule has 6 aromatic carbocycles. The van der Waals surface area contributed by atoms with Crippen LogP contribution in [0.3, 0.4) is 0 Å². The molecule has 302 valence electrons. The van der Waals surface area contributed by atoms with E-state index in [4.69, 9.17) is 15.3 Å². The van der Waals surface area contributed by atoms with Gasteiger partial charge in [-0.2, -0.15) is 10.5 Å². The van der Waals surface area contributed by atoms with Crippen LogP contribution in [-0.4, -0.2) is 30.6 Å². The Morgan fingerprint density at radius 3 is 1.61 bits per heavy atom. The minimum absolute atomic E-state index is 0.00442. The number of amides is 3. The summed E-state index contributed by atoms with van der Waals surface area (Å²) in [5, 5.41) is 25.9. The zero-order chi connectivity index (χ0) is 42.7. The average molecular weight is 820 g/mol. The van der Waals surface area contributed by atoms with E-state index in [0.29, 0.717) is 41.8 Å². The Labute approximate surface area is 346 Å². The molecule has 0 fully saturated rings. The molecule has 0 aromatic heterocycles. The molecule has 3 N–H and O–H groups in total. The van der Waals surface area contributed by atoms with Crippen molar-refractivity contribution in [3.8, 4) is 62.8 Å². The van der Waals surface area contributed by atoms with Crippen molar-refractivity contribution in [2.24, 2.45) is 0 Å².